The number of carbonyl (C=O) groups excluding carboxylic acids is 1. The second-order valence-electron chi connectivity index (χ2n) is 5.17. The van der Waals surface area contributed by atoms with E-state index in [0.29, 0.717) is 39.4 Å². The minimum absolute atomic E-state index is 0.115. The van der Waals surface area contributed by atoms with Gasteiger partial charge in [-0.05, 0) is 12.1 Å². The number of nitrogens with one attached hydrogen (secondary N) is 1. The molecule has 0 unspecified atom stereocenters. The quantitative estimate of drug-likeness (QED) is 0.881. The summed E-state index contributed by atoms with van der Waals surface area (Å²) in [6.45, 7) is 3.62. The van der Waals surface area contributed by atoms with E-state index in [1.165, 1.54) is 0 Å². The van der Waals surface area contributed by atoms with Crippen LogP contribution in [0, 0.1) is 0 Å². The van der Waals surface area contributed by atoms with Gasteiger partial charge in [0.05, 0.1) is 32.6 Å². The summed E-state index contributed by atoms with van der Waals surface area (Å²) < 4.78 is 16.5. The highest BCUT2D eigenvalue weighted by molar-refractivity contribution is 5.78. The first-order valence-corrected chi connectivity index (χ1v) is 7.06. The summed E-state index contributed by atoms with van der Waals surface area (Å²) in [6, 6.07) is 3.72. The van der Waals surface area contributed by atoms with Crippen molar-refractivity contribution in [3.63, 3.8) is 0 Å². The fraction of sp³-hybridized carbons (Fsp3) is 0.643. The molecule has 0 aliphatic carbocycles. The fourth-order valence-corrected chi connectivity index (χ4v) is 2.70. The van der Waals surface area contributed by atoms with Gasteiger partial charge in [-0.2, -0.15) is 0 Å². The molecule has 1 N–H and O–H groups in total. The molecule has 2 aliphatic heterocycles. The highest BCUT2D eigenvalue weighted by Crippen LogP contribution is 2.31. The second kappa shape index (κ2) is 5.95. The molecule has 2 aliphatic rings. The molecule has 1 aromatic heterocycles. The summed E-state index contributed by atoms with van der Waals surface area (Å²) in [5, 5.41) is 3.10. The molecule has 2 fully saturated rings. The zero-order valence-electron chi connectivity index (χ0n) is 11.5. The number of hydrogen-bond donors (Lipinski definition) is 1. The Morgan fingerprint density at radius 2 is 2.05 bits per heavy atom. The lowest BCUT2D eigenvalue weighted by Crippen LogP contribution is -2.49. The van der Waals surface area contributed by atoms with Crippen molar-refractivity contribution in [1.29, 1.82) is 0 Å². The zero-order chi connectivity index (χ0) is 13.8. The molecular weight excluding hydrogens is 260 g/mol. The van der Waals surface area contributed by atoms with E-state index in [4.69, 9.17) is 13.9 Å². The SMILES string of the molecule is O=C(CNCc1ccco1)N1CCC2(CC1)OCCO2. The standard InChI is InChI=1S/C14H20N2O4/c17-13(11-15-10-12-2-1-7-18-12)16-5-3-14(4-6-16)19-8-9-20-14/h1-2,7,15H,3-6,8-11H2. The van der Waals surface area contributed by atoms with E-state index in [-0.39, 0.29) is 5.91 Å². The topological polar surface area (TPSA) is 63.9 Å². The number of ether oxygens (including phenoxy) is 2. The lowest BCUT2D eigenvalue weighted by atomic mass is 10.0. The molecule has 1 aromatic rings. The van der Waals surface area contributed by atoms with Crippen molar-refractivity contribution in [1.82, 2.24) is 10.2 Å². The lowest BCUT2D eigenvalue weighted by molar-refractivity contribution is -0.187. The molecule has 1 spiro atoms. The Hall–Kier alpha value is -1.37. The number of carbonyl (C=O) groups is 1. The van der Waals surface area contributed by atoms with Crippen molar-refractivity contribution in [3.05, 3.63) is 24.2 Å². The average Bonchev–Trinajstić information content (AvgIpc) is 3.12. The number of nitrogens with zero attached hydrogens (tertiary/aromatic N) is 1. The first-order chi connectivity index (χ1) is 9.77. The normalized spacial score (nSPS) is 21.5. The van der Waals surface area contributed by atoms with Crippen LogP contribution < -0.4 is 5.32 Å². The van der Waals surface area contributed by atoms with Crippen LogP contribution in [0.2, 0.25) is 0 Å². The minimum atomic E-state index is -0.418. The number of hydrogen-bond acceptors (Lipinski definition) is 5. The summed E-state index contributed by atoms with van der Waals surface area (Å²) in [7, 11) is 0. The molecule has 3 heterocycles. The van der Waals surface area contributed by atoms with Crippen molar-refractivity contribution in [2.24, 2.45) is 0 Å². The van der Waals surface area contributed by atoms with Gasteiger partial charge < -0.3 is 24.1 Å². The maximum atomic E-state index is 12.1. The Morgan fingerprint density at radius 1 is 1.30 bits per heavy atom. The third-order valence-corrected chi connectivity index (χ3v) is 3.85. The first kappa shape index (κ1) is 13.6. The van der Waals surface area contributed by atoms with Crippen molar-refractivity contribution < 1.29 is 18.7 Å². The lowest BCUT2D eigenvalue weighted by Gasteiger charge is -2.37. The highest BCUT2D eigenvalue weighted by Gasteiger charge is 2.40. The zero-order valence-corrected chi connectivity index (χ0v) is 11.5. The Kier molecular flexibility index (Phi) is 4.05. The molecule has 0 aromatic carbocycles. The Labute approximate surface area is 118 Å². The van der Waals surface area contributed by atoms with Gasteiger partial charge in [-0.1, -0.05) is 0 Å². The summed E-state index contributed by atoms with van der Waals surface area (Å²) in [6.07, 6.45) is 3.15. The van der Waals surface area contributed by atoms with E-state index in [0.717, 1.165) is 18.6 Å². The molecule has 6 heteroatoms. The Balaban J connectivity index is 1.40. The molecule has 2 saturated heterocycles. The van der Waals surface area contributed by atoms with Crippen molar-refractivity contribution >= 4 is 5.91 Å². The maximum absolute atomic E-state index is 12.1. The third-order valence-electron chi connectivity index (χ3n) is 3.85. The van der Waals surface area contributed by atoms with E-state index in [1.54, 1.807) is 6.26 Å². The van der Waals surface area contributed by atoms with E-state index in [2.05, 4.69) is 5.32 Å². The van der Waals surface area contributed by atoms with Crippen LogP contribution in [-0.2, 0) is 20.8 Å². The molecule has 0 radical (unpaired) electrons. The fourth-order valence-electron chi connectivity index (χ4n) is 2.70. The number of rotatable bonds is 4. The number of amides is 1. The number of piperidine rings is 1. The Morgan fingerprint density at radius 3 is 2.70 bits per heavy atom. The predicted molar refractivity (Wildman–Crippen MR) is 70.9 cm³/mol. The van der Waals surface area contributed by atoms with Gasteiger partial charge in [0.15, 0.2) is 5.79 Å². The number of likely N-dealkylation sites (tertiary alicyclic amines) is 1. The molecule has 6 nitrogen and oxygen atoms in total. The molecule has 110 valence electrons. The van der Waals surface area contributed by atoms with Gasteiger partial charge in [0, 0.05) is 25.9 Å². The predicted octanol–water partition coefficient (Wildman–Crippen LogP) is 0.735. The van der Waals surface area contributed by atoms with Gasteiger partial charge in [0.25, 0.3) is 0 Å². The van der Waals surface area contributed by atoms with Crippen LogP contribution in [0.3, 0.4) is 0 Å². The van der Waals surface area contributed by atoms with Crippen molar-refractivity contribution in [2.45, 2.75) is 25.2 Å². The van der Waals surface area contributed by atoms with Gasteiger partial charge in [0.1, 0.15) is 5.76 Å². The molecule has 1 amide bonds. The summed E-state index contributed by atoms with van der Waals surface area (Å²) in [4.78, 5) is 13.9. The van der Waals surface area contributed by atoms with Crippen LogP contribution in [0.15, 0.2) is 22.8 Å². The molecule has 0 saturated carbocycles. The van der Waals surface area contributed by atoms with Gasteiger partial charge in [-0.3, -0.25) is 4.79 Å². The highest BCUT2D eigenvalue weighted by atomic mass is 16.7. The van der Waals surface area contributed by atoms with Crippen molar-refractivity contribution in [2.75, 3.05) is 32.8 Å². The van der Waals surface area contributed by atoms with E-state index < -0.39 is 5.79 Å². The minimum Gasteiger partial charge on any atom is -0.468 e. The molecule has 0 atom stereocenters. The summed E-state index contributed by atoms with van der Waals surface area (Å²) in [5.74, 6) is 0.533. The smallest absolute Gasteiger partial charge is 0.236 e. The molecule has 20 heavy (non-hydrogen) atoms. The van der Waals surface area contributed by atoms with Crippen LogP contribution in [0.25, 0.3) is 0 Å². The van der Waals surface area contributed by atoms with Gasteiger partial charge in [-0.15, -0.1) is 0 Å². The largest absolute Gasteiger partial charge is 0.468 e. The Bertz CT molecular complexity index is 430. The van der Waals surface area contributed by atoms with Crippen LogP contribution in [0.4, 0.5) is 0 Å². The summed E-state index contributed by atoms with van der Waals surface area (Å²) in [5.41, 5.74) is 0. The van der Waals surface area contributed by atoms with Crippen LogP contribution in [0.5, 0.6) is 0 Å². The first-order valence-electron chi connectivity index (χ1n) is 7.06. The monoisotopic (exact) mass is 280 g/mol. The van der Waals surface area contributed by atoms with Crippen molar-refractivity contribution in [3.8, 4) is 0 Å². The molecule has 3 rings (SSSR count). The molecule has 0 bridgehead atoms. The number of furan rings is 1. The van der Waals surface area contributed by atoms with E-state index in [1.807, 2.05) is 17.0 Å². The molecular formula is C14H20N2O4. The van der Waals surface area contributed by atoms with Crippen LogP contribution in [-0.4, -0.2) is 49.4 Å². The van der Waals surface area contributed by atoms with Gasteiger partial charge >= 0.3 is 0 Å². The van der Waals surface area contributed by atoms with Crippen LogP contribution in [0.1, 0.15) is 18.6 Å². The maximum Gasteiger partial charge on any atom is 0.236 e. The van der Waals surface area contributed by atoms with Gasteiger partial charge in [-0.25, -0.2) is 0 Å². The average molecular weight is 280 g/mol. The summed E-state index contributed by atoms with van der Waals surface area (Å²) >= 11 is 0. The second-order valence-corrected chi connectivity index (χ2v) is 5.17. The third kappa shape index (κ3) is 3.03. The van der Waals surface area contributed by atoms with Crippen LogP contribution >= 0.6 is 0 Å². The van der Waals surface area contributed by atoms with E-state index in [9.17, 15) is 4.79 Å². The van der Waals surface area contributed by atoms with Gasteiger partial charge in [0.2, 0.25) is 5.91 Å². The van der Waals surface area contributed by atoms with E-state index >= 15 is 0 Å².